The maximum absolute atomic E-state index is 5.75. The molecule has 0 aliphatic heterocycles. The number of nitrogen functional groups attached to an aromatic ring is 1. The number of benzene rings is 1. The lowest BCUT2D eigenvalue weighted by molar-refractivity contribution is 0.494. The number of nitrogens with zero attached hydrogens (tertiary/aromatic N) is 3. The summed E-state index contributed by atoms with van der Waals surface area (Å²) in [5.74, 6) is 1.78. The summed E-state index contributed by atoms with van der Waals surface area (Å²) in [5.41, 5.74) is 11.1. The summed E-state index contributed by atoms with van der Waals surface area (Å²) in [4.78, 5) is 9.02. The van der Waals surface area contributed by atoms with Crippen LogP contribution in [0.2, 0.25) is 0 Å². The number of fused-ring (bicyclic) bond motifs is 1. The lowest BCUT2D eigenvalue weighted by Crippen LogP contribution is -2.07. The standard InChI is InChI=1S/C21H23N5O/c1-14-15(2)26(12-18-4-3-11-27-18)21-19(14)20(24-13-25-21)23-10-9-16-5-7-17(22)8-6-16/h3-8,11,13H,9-10,12,22H2,1-2H3,(H,23,24,25). The van der Waals surface area contributed by atoms with Gasteiger partial charge in [0.15, 0.2) is 0 Å². The van der Waals surface area contributed by atoms with Gasteiger partial charge in [0.05, 0.1) is 18.2 Å². The summed E-state index contributed by atoms with van der Waals surface area (Å²) in [6, 6.07) is 11.9. The highest BCUT2D eigenvalue weighted by Crippen LogP contribution is 2.29. The molecule has 0 saturated carbocycles. The van der Waals surface area contributed by atoms with Gasteiger partial charge in [-0.2, -0.15) is 0 Å². The topological polar surface area (TPSA) is 81.9 Å². The van der Waals surface area contributed by atoms with Gasteiger partial charge in [0.1, 0.15) is 23.6 Å². The van der Waals surface area contributed by atoms with E-state index >= 15 is 0 Å². The predicted molar refractivity (Wildman–Crippen MR) is 108 cm³/mol. The molecule has 0 atom stereocenters. The van der Waals surface area contributed by atoms with Gasteiger partial charge in [-0.15, -0.1) is 0 Å². The molecule has 27 heavy (non-hydrogen) atoms. The number of nitrogens with one attached hydrogen (secondary N) is 1. The van der Waals surface area contributed by atoms with Crippen LogP contribution in [0.3, 0.4) is 0 Å². The minimum atomic E-state index is 0.658. The number of rotatable bonds is 6. The molecule has 1 aromatic carbocycles. The number of anilines is 2. The Kier molecular flexibility index (Phi) is 4.54. The number of furan rings is 1. The summed E-state index contributed by atoms with van der Waals surface area (Å²) in [5, 5.41) is 4.54. The number of hydrogen-bond acceptors (Lipinski definition) is 5. The molecular formula is C21H23N5O. The lowest BCUT2D eigenvalue weighted by Gasteiger charge is -2.08. The Morgan fingerprint density at radius 3 is 2.67 bits per heavy atom. The Morgan fingerprint density at radius 2 is 1.93 bits per heavy atom. The Bertz CT molecular complexity index is 1050. The van der Waals surface area contributed by atoms with Crippen molar-refractivity contribution in [2.45, 2.75) is 26.8 Å². The van der Waals surface area contributed by atoms with E-state index in [1.165, 1.54) is 16.8 Å². The van der Waals surface area contributed by atoms with Gasteiger partial charge in [-0.25, -0.2) is 9.97 Å². The van der Waals surface area contributed by atoms with Crippen LogP contribution in [0.4, 0.5) is 11.5 Å². The SMILES string of the molecule is Cc1c(C)n(Cc2ccco2)c2ncnc(NCCc3ccc(N)cc3)c12. The summed E-state index contributed by atoms with van der Waals surface area (Å²) in [6.07, 6.45) is 4.21. The minimum Gasteiger partial charge on any atom is -0.467 e. The number of nitrogens with two attached hydrogens (primary N) is 1. The molecule has 0 radical (unpaired) electrons. The van der Waals surface area contributed by atoms with Crippen LogP contribution in [0.15, 0.2) is 53.4 Å². The second-order valence-electron chi connectivity index (χ2n) is 6.72. The van der Waals surface area contributed by atoms with E-state index in [-0.39, 0.29) is 0 Å². The molecule has 0 fully saturated rings. The fourth-order valence-corrected chi connectivity index (χ4v) is 3.36. The Morgan fingerprint density at radius 1 is 1.11 bits per heavy atom. The molecule has 0 amide bonds. The van der Waals surface area contributed by atoms with Crippen molar-refractivity contribution in [2.75, 3.05) is 17.6 Å². The normalized spacial score (nSPS) is 11.2. The maximum Gasteiger partial charge on any atom is 0.146 e. The van der Waals surface area contributed by atoms with Crippen LogP contribution in [-0.2, 0) is 13.0 Å². The second kappa shape index (κ2) is 7.15. The number of hydrogen-bond donors (Lipinski definition) is 2. The highest BCUT2D eigenvalue weighted by Gasteiger charge is 2.17. The van der Waals surface area contributed by atoms with Crippen molar-refractivity contribution in [3.63, 3.8) is 0 Å². The molecule has 3 N–H and O–H groups in total. The molecule has 0 aliphatic rings. The van der Waals surface area contributed by atoms with E-state index in [1.54, 1.807) is 12.6 Å². The highest BCUT2D eigenvalue weighted by atomic mass is 16.3. The maximum atomic E-state index is 5.75. The zero-order chi connectivity index (χ0) is 18.8. The van der Waals surface area contributed by atoms with E-state index in [4.69, 9.17) is 10.2 Å². The van der Waals surface area contributed by atoms with Crippen LogP contribution in [-0.4, -0.2) is 21.1 Å². The molecule has 6 nitrogen and oxygen atoms in total. The number of aromatic nitrogens is 3. The van der Waals surface area contributed by atoms with E-state index in [1.807, 2.05) is 24.3 Å². The van der Waals surface area contributed by atoms with Crippen molar-refractivity contribution in [3.05, 3.63) is 71.6 Å². The van der Waals surface area contributed by atoms with Crippen molar-refractivity contribution in [3.8, 4) is 0 Å². The second-order valence-corrected chi connectivity index (χ2v) is 6.72. The van der Waals surface area contributed by atoms with E-state index < -0.39 is 0 Å². The van der Waals surface area contributed by atoms with Crippen molar-refractivity contribution in [1.82, 2.24) is 14.5 Å². The molecule has 0 aliphatic carbocycles. The van der Waals surface area contributed by atoms with Gasteiger partial charge in [0, 0.05) is 17.9 Å². The van der Waals surface area contributed by atoms with Crippen LogP contribution in [0.5, 0.6) is 0 Å². The van der Waals surface area contributed by atoms with E-state index in [0.29, 0.717) is 6.54 Å². The number of aryl methyl sites for hydroxylation is 1. The zero-order valence-corrected chi connectivity index (χ0v) is 15.6. The monoisotopic (exact) mass is 361 g/mol. The van der Waals surface area contributed by atoms with Gasteiger partial charge in [-0.3, -0.25) is 0 Å². The van der Waals surface area contributed by atoms with Gasteiger partial charge in [-0.1, -0.05) is 12.1 Å². The van der Waals surface area contributed by atoms with Crippen molar-refractivity contribution < 1.29 is 4.42 Å². The molecule has 0 unspecified atom stereocenters. The Labute approximate surface area is 158 Å². The average Bonchev–Trinajstić information content (AvgIpc) is 3.27. The molecule has 3 aromatic heterocycles. The first-order valence-corrected chi connectivity index (χ1v) is 9.04. The smallest absolute Gasteiger partial charge is 0.146 e. The van der Waals surface area contributed by atoms with E-state index in [0.717, 1.165) is 41.3 Å². The van der Waals surface area contributed by atoms with E-state index in [9.17, 15) is 0 Å². The molecule has 0 saturated heterocycles. The van der Waals surface area contributed by atoms with Crippen LogP contribution in [0.1, 0.15) is 22.6 Å². The first kappa shape index (κ1) is 17.1. The van der Waals surface area contributed by atoms with Crippen LogP contribution >= 0.6 is 0 Å². The molecule has 138 valence electrons. The van der Waals surface area contributed by atoms with E-state index in [2.05, 4.69) is 45.8 Å². The Balaban J connectivity index is 1.59. The molecule has 0 spiro atoms. The molecular weight excluding hydrogens is 338 g/mol. The molecule has 4 rings (SSSR count). The summed E-state index contributed by atoms with van der Waals surface area (Å²) < 4.78 is 7.69. The van der Waals surface area contributed by atoms with Gasteiger partial charge in [0.2, 0.25) is 0 Å². The summed E-state index contributed by atoms with van der Waals surface area (Å²) in [6.45, 7) is 5.67. The molecule has 3 heterocycles. The van der Waals surface area contributed by atoms with Crippen molar-refractivity contribution >= 4 is 22.5 Å². The zero-order valence-electron chi connectivity index (χ0n) is 15.6. The third kappa shape index (κ3) is 3.38. The first-order chi connectivity index (χ1) is 13.1. The average molecular weight is 361 g/mol. The highest BCUT2D eigenvalue weighted by molar-refractivity contribution is 5.91. The predicted octanol–water partition coefficient (Wildman–Crippen LogP) is 3.93. The van der Waals surface area contributed by atoms with Gasteiger partial charge in [-0.05, 0) is 55.7 Å². The fraction of sp³-hybridized carbons (Fsp3) is 0.238. The summed E-state index contributed by atoms with van der Waals surface area (Å²) >= 11 is 0. The third-order valence-corrected chi connectivity index (χ3v) is 4.99. The Hall–Kier alpha value is -3.28. The van der Waals surface area contributed by atoms with Crippen LogP contribution in [0.25, 0.3) is 11.0 Å². The van der Waals surface area contributed by atoms with Crippen molar-refractivity contribution in [1.29, 1.82) is 0 Å². The molecule has 6 heteroatoms. The minimum absolute atomic E-state index is 0.658. The van der Waals surface area contributed by atoms with Gasteiger partial charge < -0.3 is 20.0 Å². The van der Waals surface area contributed by atoms with Gasteiger partial charge in [0.25, 0.3) is 0 Å². The molecule has 4 aromatic rings. The quantitative estimate of drug-likeness (QED) is 0.509. The fourth-order valence-electron chi connectivity index (χ4n) is 3.36. The molecule has 0 bridgehead atoms. The summed E-state index contributed by atoms with van der Waals surface area (Å²) in [7, 11) is 0. The van der Waals surface area contributed by atoms with Gasteiger partial charge >= 0.3 is 0 Å². The van der Waals surface area contributed by atoms with Crippen LogP contribution < -0.4 is 11.1 Å². The largest absolute Gasteiger partial charge is 0.467 e. The third-order valence-electron chi connectivity index (χ3n) is 4.99. The first-order valence-electron chi connectivity index (χ1n) is 9.04. The van der Waals surface area contributed by atoms with Crippen molar-refractivity contribution in [2.24, 2.45) is 0 Å². The van der Waals surface area contributed by atoms with Crippen LogP contribution in [0, 0.1) is 13.8 Å². The lowest BCUT2D eigenvalue weighted by atomic mass is 10.1.